The zero-order chi connectivity index (χ0) is 12.4. The fourth-order valence-corrected chi connectivity index (χ4v) is 3.58. The maximum absolute atomic E-state index is 4.88. The van der Waals surface area contributed by atoms with Crippen molar-refractivity contribution in [3.05, 3.63) is 40.9 Å². The summed E-state index contributed by atoms with van der Waals surface area (Å²) in [5, 5.41) is 4.63. The Kier molecular flexibility index (Phi) is 3.43. The van der Waals surface area contributed by atoms with Crippen LogP contribution in [-0.4, -0.2) is 18.1 Å². The number of nitrogens with one attached hydrogen (secondary N) is 1. The van der Waals surface area contributed by atoms with Gasteiger partial charge >= 0.3 is 0 Å². The molecule has 1 aromatic heterocycles. The van der Waals surface area contributed by atoms with Crippen LogP contribution in [0.3, 0.4) is 0 Å². The van der Waals surface area contributed by atoms with E-state index in [4.69, 9.17) is 4.98 Å². The van der Waals surface area contributed by atoms with Crippen LogP contribution in [0.5, 0.6) is 0 Å². The second-order valence-corrected chi connectivity index (χ2v) is 6.07. The van der Waals surface area contributed by atoms with Gasteiger partial charge in [0.1, 0.15) is 5.01 Å². The first-order valence-corrected chi connectivity index (χ1v) is 7.39. The lowest BCUT2D eigenvalue weighted by molar-refractivity contribution is 0.455. The van der Waals surface area contributed by atoms with Crippen molar-refractivity contribution >= 4 is 11.3 Å². The average molecular weight is 258 g/mol. The highest BCUT2D eigenvalue weighted by molar-refractivity contribution is 7.15. The predicted molar refractivity (Wildman–Crippen MR) is 77.1 cm³/mol. The number of benzene rings is 1. The summed E-state index contributed by atoms with van der Waals surface area (Å²) in [4.78, 5) is 6.26. The highest BCUT2D eigenvalue weighted by Crippen LogP contribution is 2.33. The molecular weight excluding hydrogens is 240 g/mol. The lowest BCUT2D eigenvalue weighted by Gasteiger charge is -2.21. The largest absolute Gasteiger partial charge is 0.316 e. The van der Waals surface area contributed by atoms with Crippen molar-refractivity contribution in [3.8, 4) is 10.6 Å². The Hall–Kier alpha value is -1.19. The zero-order valence-corrected chi connectivity index (χ0v) is 11.5. The zero-order valence-electron chi connectivity index (χ0n) is 10.6. The molecule has 1 fully saturated rings. The van der Waals surface area contributed by atoms with E-state index in [1.54, 1.807) is 0 Å². The van der Waals surface area contributed by atoms with Crippen molar-refractivity contribution in [2.24, 2.45) is 0 Å². The monoisotopic (exact) mass is 258 g/mol. The van der Waals surface area contributed by atoms with Gasteiger partial charge in [-0.3, -0.25) is 0 Å². The Morgan fingerprint density at radius 3 is 2.83 bits per heavy atom. The minimum absolute atomic E-state index is 0.604. The molecule has 2 aromatic rings. The predicted octanol–water partition coefficient (Wildman–Crippen LogP) is 3.59. The van der Waals surface area contributed by atoms with E-state index < -0.39 is 0 Å². The van der Waals surface area contributed by atoms with E-state index in [2.05, 4.69) is 42.6 Å². The molecule has 0 amide bonds. The maximum atomic E-state index is 4.88. The van der Waals surface area contributed by atoms with E-state index in [1.165, 1.54) is 29.0 Å². The standard InChI is InChI=1S/C15H18N2S/c1-11-14(13-8-5-9-16-10-13)17-15(18-11)12-6-3-2-4-7-12/h2-4,6-7,13,16H,5,8-10H2,1H3. The number of hydrogen-bond donors (Lipinski definition) is 1. The molecule has 94 valence electrons. The summed E-state index contributed by atoms with van der Waals surface area (Å²) in [6.45, 7) is 4.44. The van der Waals surface area contributed by atoms with Crippen molar-refractivity contribution in [3.63, 3.8) is 0 Å². The van der Waals surface area contributed by atoms with Crippen molar-refractivity contribution in [1.82, 2.24) is 10.3 Å². The molecule has 1 aromatic carbocycles. The number of rotatable bonds is 2. The second-order valence-electron chi connectivity index (χ2n) is 4.87. The molecule has 1 atom stereocenters. The first-order chi connectivity index (χ1) is 8.84. The normalized spacial score (nSPS) is 19.9. The molecule has 0 spiro atoms. The summed E-state index contributed by atoms with van der Waals surface area (Å²) in [7, 11) is 0. The smallest absolute Gasteiger partial charge is 0.123 e. The van der Waals surface area contributed by atoms with Crippen LogP contribution < -0.4 is 5.32 Å². The molecule has 3 heteroatoms. The summed E-state index contributed by atoms with van der Waals surface area (Å²) in [5.41, 5.74) is 2.55. The van der Waals surface area contributed by atoms with Gasteiger partial charge in [0.25, 0.3) is 0 Å². The van der Waals surface area contributed by atoms with Crippen LogP contribution >= 0.6 is 11.3 Å². The number of hydrogen-bond acceptors (Lipinski definition) is 3. The molecule has 18 heavy (non-hydrogen) atoms. The maximum Gasteiger partial charge on any atom is 0.123 e. The molecule has 0 saturated carbocycles. The average Bonchev–Trinajstić information content (AvgIpc) is 2.83. The van der Waals surface area contributed by atoms with E-state index in [1.807, 2.05) is 11.3 Å². The van der Waals surface area contributed by atoms with Crippen molar-refractivity contribution in [2.45, 2.75) is 25.7 Å². The molecule has 1 unspecified atom stereocenters. The van der Waals surface area contributed by atoms with Gasteiger partial charge in [-0.05, 0) is 26.3 Å². The summed E-state index contributed by atoms with van der Waals surface area (Å²) in [6, 6.07) is 10.5. The Labute approximate surface area is 112 Å². The van der Waals surface area contributed by atoms with Crippen LogP contribution in [0.25, 0.3) is 10.6 Å². The van der Waals surface area contributed by atoms with Crippen molar-refractivity contribution in [2.75, 3.05) is 13.1 Å². The fourth-order valence-electron chi connectivity index (χ4n) is 2.58. The number of nitrogens with zero attached hydrogens (tertiary/aromatic N) is 1. The summed E-state index contributed by atoms with van der Waals surface area (Å²) >= 11 is 1.82. The topological polar surface area (TPSA) is 24.9 Å². The number of thiazole rings is 1. The van der Waals surface area contributed by atoms with Gasteiger partial charge in [0.2, 0.25) is 0 Å². The Bertz CT molecular complexity index is 513. The van der Waals surface area contributed by atoms with E-state index in [0.717, 1.165) is 18.1 Å². The molecule has 0 bridgehead atoms. The minimum atomic E-state index is 0.604. The number of aromatic nitrogens is 1. The van der Waals surface area contributed by atoms with Crippen molar-refractivity contribution in [1.29, 1.82) is 0 Å². The first-order valence-electron chi connectivity index (χ1n) is 6.58. The third kappa shape index (κ3) is 2.33. The molecule has 0 aliphatic carbocycles. The van der Waals surface area contributed by atoms with E-state index in [-0.39, 0.29) is 0 Å². The van der Waals surface area contributed by atoms with Crippen LogP contribution in [-0.2, 0) is 0 Å². The number of piperidine rings is 1. The molecule has 1 saturated heterocycles. The van der Waals surface area contributed by atoms with Crippen LogP contribution in [0.1, 0.15) is 29.3 Å². The van der Waals surface area contributed by atoms with Crippen molar-refractivity contribution < 1.29 is 0 Å². The Balaban J connectivity index is 1.91. The van der Waals surface area contributed by atoms with Crippen LogP contribution in [0.2, 0.25) is 0 Å². The summed E-state index contributed by atoms with van der Waals surface area (Å²) in [5.74, 6) is 0.604. The molecular formula is C15H18N2S. The summed E-state index contributed by atoms with van der Waals surface area (Å²) in [6.07, 6.45) is 2.54. The van der Waals surface area contributed by atoms with Gasteiger partial charge in [0.15, 0.2) is 0 Å². The van der Waals surface area contributed by atoms with Gasteiger partial charge in [-0.2, -0.15) is 0 Å². The van der Waals surface area contributed by atoms with Crippen LogP contribution in [0, 0.1) is 6.92 Å². The molecule has 2 nitrogen and oxygen atoms in total. The summed E-state index contributed by atoms with van der Waals surface area (Å²) < 4.78 is 0. The highest BCUT2D eigenvalue weighted by atomic mass is 32.1. The Morgan fingerprint density at radius 1 is 1.28 bits per heavy atom. The molecule has 1 aliphatic heterocycles. The van der Waals surface area contributed by atoms with E-state index >= 15 is 0 Å². The Morgan fingerprint density at radius 2 is 2.11 bits per heavy atom. The van der Waals surface area contributed by atoms with E-state index in [0.29, 0.717) is 5.92 Å². The lowest BCUT2D eigenvalue weighted by atomic mass is 9.95. The van der Waals surface area contributed by atoms with Crippen LogP contribution in [0.4, 0.5) is 0 Å². The van der Waals surface area contributed by atoms with E-state index in [9.17, 15) is 0 Å². The van der Waals surface area contributed by atoms with Gasteiger partial charge in [-0.15, -0.1) is 11.3 Å². The van der Waals surface area contributed by atoms with Gasteiger partial charge in [0.05, 0.1) is 5.69 Å². The molecule has 1 N–H and O–H groups in total. The third-order valence-corrected chi connectivity index (χ3v) is 4.57. The number of aryl methyl sites for hydroxylation is 1. The first kappa shape index (κ1) is 11.9. The third-order valence-electron chi connectivity index (χ3n) is 3.54. The van der Waals surface area contributed by atoms with Gasteiger partial charge < -0.3 is 5.32 Å². The minimum Gasteiger partial charge on any atom is -0.316 e. The van der Waals surface area contributed by atoms with Crippen LogP contribution in [0.15, 0.2) is 30.3 Å². The SMILES string of the molecule is Cc1sc(-c2ccccc2)nc1C1CCCNC1. The van der Waals surface area contributed by atoms with Gasteiger partial charge in [0, 0.05) is 22.9 Å². The highest BCUT2D eigenvalue weighted by Gasteiger charge is 2.21. The van der Waals surface area contributed by atoms with Gasteiger partial charge in [-0.25, -0.2) is 4.98 Å². The van der Waals surface area contributed by atoms with Gasteiger partial charge in [-0.1, -0.05) is 30.3 Å². The molecule has 3 rings (SSSR count). The molecule has 2 heterocycles. The fraction of sp³-hybridized carbons (Fsp3) is 0.400. The second kappa shape index (κ2) is 5.21. The lowest BCUT2D eigenvalue weighted by Crippen LogP contribution is -2.28. The molecule has 0 radical (unpaired) electrons. The molecule has 1 aliphatic rings. The quantitative estimate of drug-likeness (QED) is 0.890.